The van der Waals surface area contributed by atoms with Crippen LogP contribution in [0.15, 0.2) is 11.6 Å². The minimum absolute atomic E-state index is 0.149. The van der Waals surface area contributed by atoms with Crippen LogP contribution < -0.4 is 0 Å². The molecule has 0 fully saturated rings. The fourth-order valence-corrected chi connectivity index (χ4v) is 1.03. The van der Waals surface area contributed by atoms with E-state index in [1.54, 1.807) is 0 Å². The van der Waals surface area contributed by atoms with E-state index < -0.39 is 0 Å². The molecule has 0 saturated carbocycles. The van der Waals surface area contributed by atoms with Gasteiger partial charge in [-0.3, -0.25) is 4.79 Å². The third kappa shape index (κ3) is 1.27. The van der Waals surface area contributed by atoms with Crippen LogP contribution >= 0.6 is 0 Å². The molecule has 1 atom stereocenters. The Labute approximate surface area is 61.1 Å². The minimum Gasteiger partial charge on any atom is -0.295 e. The Morgan fingerprint density at radius 2 is 2.50 bits per heavy atom. The zero-order chi connectivity index (χ0) is 7.56. The number of rotatable bonds is 0. The molecule has 0 aromatic heterocycles. The van der Waals surface area contributed by atoms with E-state index in [1.165, 1.54) is 0 Å². The fourth-order valence-electron chi connectivity index (χ4n) is 1.03. The van der Waals surface area contributed by atoms with E-state index in [4.69, 9.17) is 6.42 Å². The van der Waals surface area contributed by atoms with Gasteiger partial charge in [-0.1, -0.05) is 6.08 Å². The van der Waals surface area contributed by atoms with E-state index >= 15 is 0 Å². The number of hydrogen-bond acceptors (Lipinski definition) is 1. The van der Waals surface area contributed by atoms with Crippen LogP contribution in [0.3, 0.4) is 0 Å². The van der Waals surface area contributed by atoms with Gasteiger partial charge in [0.15, 0.2) is 5.78 Å². The summed E-state index contributed by atoms with van der Waals surface area (Å²) in [7, 11) is 0. The highest BCUT2D eigenvalue weighted by atomic mass is 16.1. The topological polar surface area (TPSA) is 17.1 Å². The number of carbonyl (C=O) groups is 1. The lowest BCUT2D eigenvalue weighted by Gasteiger charge is -2.12. The molecule has 10 heavy (non-hydrogen) atoms. The van der Waals surface area contributed by atoms with Crippen molar-refractivity contribution >= 4 is 5.78 Å². The Morgan fingerprint density at radius 1 is 1.80 bits per heavy atom. The second-order valence-corrected chi connectivity index (χ2v) is 2.61. The zero-order valence-electron chi connectivity index (χ0n) is 6.05. The summed E-state index contributed by atoms with van der Waals surface area (Å²) in [6.07, 6.45) is 8.52. The molecule has 1 aliphatic carbocycles. The van der Waals surface area contributed by atoms with Crippen LogP contribution in [0.2, 0.25) is 0 Å². The van der Waals surface area contributed by atoms with Crippen LogP contribution in [-0.4, -0.2) is 5.78 Å². The molecule has 1 aliphatic rings. The Hall–Kier alpha value is -1.03. The van der Waals surface area contributed by atoms with Crippen LogP contribution in [0.5, 0.6) is 0 Å². The number of carbonyl (C=O) groups excluding carboxylic acids is 1. The third-order valence-corrected chi connectivity index (χ3v) is 1.82. The molecule has 0 spiro atoms. The summed E-state index contributed by atoms with van der Waals surface area (Å²) in [5.74, 6) is 2.94. The molecule has 0 N–H and O–H groups in total. The Bertz CT molecular complexity index is 217. The van der Waals surface area contributed by atoms with Gasteiger partial charge < -0.3 is 0 Å². The van der Waals surface area contributed by atoms with Gasteiger partial charge in [0.2, 0.25) is 0 Å². The fraction of sp³-hybridized carbons (Fsp3) is 0.444. The highest BCUT2D eigenvalue weighted by Crippen LogP contribution is 2.18. The first kappa shape index (κ1) is 7.08. The summed E-state index contributed by atoms with van der Waals surface area (Å²) in [5.41, 5.74) is 0.867. The Balaban J connectivity index is 2.71. The molecule has 1 heteroatoms. The molecule has 0 aliphatic heterocycles. The van der Waals surface area contributed by atoms with Crippen LogP contribution in [0, 0.1) is 18.3 Å². The molecular weight excluding hydrogens is 124 g/mol. The lowest BCUT2D eigenvalue weighted by molar-refractivity contribution is -0.116. The van der Waals surface area contributed by atoms with Gasteiger partial charge in [0.05, 0.1) is 0 Å². The first-order valence-corrected chi connectivity index (χ1v) is 3.40. The molecule has 1 rings (SSSR count). The van der Waals surface area contributed by atoms with Crippen molar-refractivity contribution in [2.75, 3.05) is 0 Å². The lowest BCUT2D eigenvalue weighted by Crippen LogP contribution is -2.12. The van der Waals surface area contributed by atoms with Crippen molar-refractivity contribution in [3.8, 4) is 12.3 Å². The molecule has 0 aromatic rings. The molecule has 0 amide bonds. The number of hydrogen-bond donors (Lipinski definition) is 0. The van der Waals surface area contributed by atoms with E-state index in [0.717, 1.165) is 12.0 Å². The lowest BCUT2D eigenvalue weighted by atomic mass is 9.90. The van der Waals surface area contributed by atoms with Gasteiger partial charge in [0, 0.05) is 12.3 Å². The molecule has 1 unspecified atom stereocenters. The van der Waals surface area contributed by atoms with Gasteiger partial charge in [-0.05, 0) is 18.9 Å². The number of terminal acetylenes is 1. The van der Waals surface area contributed by atoms with E-state index in [-0.39, 0.29) is 11.7 Å². The average Bonchev–Trinajstić information content (AvgIpc) is 1.95. The van der Waals surface area contributed by atoms with Crippen molar-refractivity contribution in [3.05, 3.63) is 11.6 Å². The van der Waals surface area contributed by atoms with Gasteiger partial charge >= 0.3 is 0 Å². The summed E-state index contributed by atoms with van der Waals surface area (Å²) >= 11 is 0. The maximum absolute atomic E-state index is 11.0. The Morgan fingerprint density at radius 3 is 3.00 bits per heavy atom. The van der Waals surface area contributed by atoms with Crippen LogP contribution in [0.1, 0.15) is 19.8 Å². The van der Waals surface area contributed by atoms with E-state index in [2.05, 4.69) is 5.92 Å². The minimum atomic E-state index is 0.149. The monoisotopic (exact) mass is 134 g/mol. The third-order valence-electron chi connectivity index (χ3n) is 1.82. The maximum Gasteiger partial charge on any atom is 0.159 e. The number of Topliss-reactive ketones (excluding diaryl/α,β-unsaturated/α-hetero) is 1. The zero-order valence-corrected chi connectivity index (χ0v) is 6.05. The van der Waals surface area contributed by atoms with Gasteiger partial charge in [0.25, 0.3) is 0 Å². The molecule has 0 bridgehead atoms. The second kappa shape index (κ2) is 2.70. The molecule has 0 aromatic carbocycles. The molecular formula is C9H10O. The summed E-state index contributed by atoms with van der Waals surface area (Å²) in [5, 5.41) is 0. The van der Waals surface area contributed by atoms with Gasteiger partial charge in [-0.2, -0.15) is 0 Å². The SMILES string of the molecule is C#CC1CC=C(C)C(=O)C1. The van der Waals surface area contributed by atoms with Crippen molar-refractivity contribution in [2.24, 2.45) is 5.92 Å². The molecule has 1 nitrogen and oxygen atoms in total. The summed E-state index contributed by atoms with van der Waals surface area (Å²) in [4.78, 5) is 11.0. The molecule has 52 valence electrons. The van der Waals surface area contributed by atoms with Crippen molar-refractivity contribution in [1.29, 1.82) is 0 Å². The first-order chi connectivity index (χ1) is 4.74. The van der Waals surface area contributed by atoms with Crippen molar-refractivity contribution in [3.63, 3.8) is 0 Å². The summed E-state index contributed by atoms with van der Waals surface area (Å²) in [6.45, 7) is 1.84. The molecule has 0 saturated heterocycles. The Kier molecular flexibility index (Phi) is 1.91. The standard InChI is InChI=1S/C9H10O/c1-3-8-5-4-7(2)9(10)6-8/h1,4,8H,5-6H2,2H3. The predicted octanol–water partition coefficient (Wildman–Crippen LogP) is 1.54. The van der Waals surface area contributed by atoms with Crippen LogP contribution in [-0.2, 0) is 4.79 Å². The smallest absolute Gasteiger partial charge is 0.159 e. The normalized spacial score (nSPS) is 25.4. The van der Waals surface area contributed by atoms with E-state index in [0.29, 0.717) is 6.42 Å². The van der Waals surface area contributed by atoms with Gasteiger partial charge in [-0.15, -0.1) is 12.3 Å². The van der Waals surface area contributed by atoms with Gasteiger partial charge in [0.1, 0.15) is 0 Å². The van der Waals surface area contributed by atoms with Crippen molar-refractivity contribution < 1.29 is 4.79 Å². The second-order valence-electron chi connectivity index (χ2n) is 2.61. The quantitative estimate of drug-likeness (QED) is 0.459. The van der Waals surface area contributed by atoms with Gasteiger partial charge in [-0.25, -0.2) is 0 Å². The van der Waals surface area contributed by atoms with E-state index in [1.807, 2.05) is 13.0 Å². The number of allylic oxidation sites excluding steroid dienone is 2. The number of ketones is 1. The molecule has 0 heterocycles. The molecule has 0 radical (unpaired) electrons. The van der Waals surface area contributed by atoms with E-state index in [9.17, 15) is 4.79 Å². The maximum atomic E-state index is 11.0. The summed E-state index contributed by atoms with van der Waals surface area (Å²) < 4.78 is 0. The first-order valence-electron chi connectivity index (χ1n) is 3.40. The average molecular weight is 134 g/mol. The highest BCUT2D eigenvalue weighted by Gasteiger charge is 2.16. The highest BCUT2D eigenvalue weighted by molar-refractivity contribution is 5.95. The van der Waals surface area contributed by atoms with Crippen LogP contribution in [0.25, 0.3) is 0 Å². The summed E-state index contributed by atoms with van der Waals surface area (Å²) in [6, 6.07) is 0. The largest absolute Gasteiger partial charge is 0.295 e. The van der Waals surface area contributed by atoms with Crippen molar-refractivity contribution in [1.82, 2.24) is 0 Å². The predicted molar refractivity (Wildman–Crippen MR) is 40.3 cm³/mol. The van der Waals surface area contributed by atoms with Crippen molar-refractivity contribution in [2.45, 2.75) is 19.8 Å². The van der Waals surface area contributed by atoms with Crippen LogP contribution in [0.4, 0.5) is 0 Å².